The molecule has 0 aliphatic carbocycles. The number of hydrogen-bond acceptors (Lipinski definition) is 5. The number of hydrogen-bond donors (Lipinski definition) is 1. The molecular formula is C26H46O5. The van der Waals surface area contributed by atoms with Crippen molar-refractivity contribution in [2.45, 2.75) is 104 Å². The molecule has 0 radical (unpaired) electrons. The topological polar surface area (TPSA) is 72.8 Å². The van der Waals surface area contributed by atoms with Crippen LogP contribution in [0.2, 0.25) is 0 Å². The van der Waals surface area contributed by atoms with Gasteiger partial charge in [-0.2, -0.15) is 0 Å². The Morgan fingerprint density at radius 2 is 1.26 bits per heavy atom. The molecule has 5 heteroatoms. The minimum atomic E-state index is -0.352. The Morgan fingerprint density at radius 3 is 1.84 bits per heavy atom. The molecule has 0 bridgehead atoms. The molecular weight excluding hydrogens is 392 g/mol. The van der Waals surface area contributed by atoms with Crippen molar-refractivity contribution in [3.63, 3.8) is 0 Å². The minimum absolute atomic E-state index is 0.0896. The Balaban J connectivity index is 3.54. The van der Waals surface area contributed by atoms with Crippen LogP contribution >= 0.6 is 0 Å². The van der Waals surface area contributed by atoms with E-state index in [-0.39, 0.29) is 37.7 Å². The van der Waals surface area contributed by atoms with Crippen molar-refractivity contribution in [3.8, 4) is 0 Å². The second kappa shape index (κ2) is 23.1. The lowest BCUT2D eigenvalue weighted by atomic mass is 10.1. The first-order chi connectivity index (χ1) is 15.1. The third-order valence-electron chi connectivity index (χ3n) is 5.00. The van der Waals surface area contributed by atoms with E-state index in [1.54, 1.807) is 0 Å². The maximum Gasteiger partial charge on any atom is 0.305 e. The quantitative estimate of drug-likeness (QED) is 0.129. The van der Waals surface area contributed by atoms with Crippen LogP contribution in [-0.2, 0) is 19.1 Å². The monoisotopic (exact) mass is 438 g/mol. The average Bonchev–Trinajstić information content (AvgIpc) is 2.76. The molecule has 0 amide bonds. The van der Waals surface area contributed by atoms with Crippen LogP contribution < -0.4 is 0 Å². The zero-order valence-electron chi connectivity index (χ0n) is 20.0. The largest absolute Gasteiger partial charge is 0.465 e. The van der Waals surface area contributed by atoms with Crippen LogP contribution in [0.25, 0.3) is 0 Å². The van der Waals surface area contributed by atoms with Gasteiger partial charge in [0, 0.05) is 12.8 Å². The maximum atomic E-state index is 11.8. The highest BCUT2D eigenvalue weighted by Crippen LogP contribution is 2.09. The predicted octanol–water partition coefficient (Wildman–Crippen LogP) is 6.29. The Hall–Kier alpha value is -1.62. The van der Waals surface area contributed by atoms with Gasteiger partial charge < -0.3 is 14.6 Å². The molecule has 0 spiro atoms. The molecule has 0 fully saturated rings. The van der Waals surface area contributed by atoms with Gasteiger partial charge in [-0.25, -0.2) is 0 Å². The maximum absolute atomic E-state index is 11.8. The van der Waals surface area contributed by atoms with Crippen LogP contribution in [-0.4, -0.2) is 36.9 Å². The highest BCUT2D eigenvalue weighted by atomic mass is 16.5. The van der Waals surface area contributed by atoms with Gasteiger partial charge in [0.1, 0.15) is 0 Å². The van der Waals surface area contributed by atoms with E-state index in [9.17, 15) is 14.7 Å². The summed E-state index contributed by atoms with van der Waals surface area (Å²) in [5.74, 6) is -0.879. The van der Waals surface area contributed by atoms with E-state index in [0.29, 0.717) is 12.8 Å². The van der Waals surface area contributed by atoms with Gasteiger partial charge in [-0.15, -0.1) is 0 Å². The second-order valence-electron chi connectivity index (χ2n) is 8.15. The Labute approximate surface area is 190 Å². The third-order valence-corrected chi connectivity index (χ3v) is 5.00. The Kier molecular flexibility index (Phi) is 21.8. The van der Waals surface area contributed by atoms with Gasteiger partial charge in [0.25, 0.3) is 0 Å². The summed E-state index contributed by atoms with van der Waals surface area (Å²) >= 11 is 0. The molecule has 1 atom stereocenters. The van der Waals surface area contributed by atoms with E-state index in [1.165, 1.54) is 38.5 Å². The van der Waals surface area contributed by atoms with E-state index < -0.39 is 0 Å². The van der Waals surface area contributed by atoms with Crippen molar-refractivity contribution in [2.75, 3.05) is 19.8 Å². The summed E-state index contributed by atoms with van der Waals surface area (Å²) in [7, 11) is 0. The van der Waals surface area contributed by atoms with Crippen molar-refractivity contribution < 1.29 is 24.2 Å². The van der Waals surface area contributed by atoms with Crippen LogP contribution in [0.5, 0.6) is 0 Å². The first-order valence-electron chi connectivity index (χ1n) is 12.4. The normalized spacial score (nSPS) is 12.5. The van der Waals surface area contributed by atoms with Gasteiger partial charge in [0.15, 0.2) is 0 Å². The molecule has 0 aromatic rings. The van der Waals surface area contributed by atoms with E-state index in [4.69, 9.17) is 9.47 Å². The summed E-state index contributed by atoms with van der Waals surface area (Å²) < 4.78 is 10.3. The number of esters is 2. The number of aliphatic hydroxyl groups excluding tert-OH is 1. The van der Waals surface area contributed by atoms with Crippen LogP contribution in [0.15, 0.2) is 24.3 Å². The summed E-state index contributed by atoms with van der Waals surface area (Å²) in [4.78, 5) is 23.2. The van der Waals surface area contributed by atoms with E-state index in [2.05, 4.69) is 31.2 Å². The fraction of sp³-hybridized carbons (Fsp3) is 0.769. The molecule has 1 N–H and O–H groups in total. The van der Waals surface area contributed by atoms with Gasteiger partial charge in [-0.3, -0.25) is 9.59 Å². The van der Waals surface area contributed by atoms with Gasteiger partial charge in [0.2, 0.25) is 0 Å². The fourth-order valence-electron chi connectivity index (χ4n) is 3.00. The second-order valence-corrected chi connectivity index (χ2v) is 8.15. The zero-order valence-corrected chi connectivity index (χ0v) is 20.0. The molecule has 0 rings (SSSR count). The summed E-state index contributed by atoms with van der Waals surface area (Å²) in [6, 6.07) is 0. The molecule has 0 saturated carbocycles. The summed E-state index contributed by atoms with van der Waals surface area (Å²) in [5, 5.41) is 9.31. The van der Waals surface area contributed by atoms with Crippen molar-refractivity contribution in [2.24, 2.45) is 5.92 Å². The van der Waals surface area contributed by atoms with Gasteiger partial charge in [-0.1, -0.05) is 70.3 Å². The molecule has 1 unspecified atom stereocenters. The molecule has 0 aromatic heterocycles. The number of allylic oxidation sites excluding steroid dienone is 4. The number of rotatable bonds is 21. The molecule has 0 heterocycles. The molecule has 180 valence electrons. The van der Waals surface area contributed by atoms with Crippen LogP contribution in [0.3, 0.4) is 0 Å². The lowest BCUT2D eigenvalue weighted by Gasteiger charge is -2.14. The fourth-order valence-corrected chi connectivity index (χ4v) is 3.00. The Morgan fingerprint density at radius 1 is 0.710 bits per heavy atom. The van der Waals surface area contributed by atoms with Crippen molar-refractivity contribution >= 4 is 11.9 Å². The number of carbonyl (C=O) groups excluding carboxylic acids is 2. The molecule has 31 heavy (non-hydrogen) atoms. The van der Waals surface area contributed by atoms with Gasteiger partial charge in [0.05, 0.1) is 25.7 Å². The standard InChI is InChI=1S/C26H46O5/c1-3-5-6-7-8-9-10-11-12-13-14-15-16-17-18-20-26(29)31-23-24(21-27)22-30-25(28)19-4-2/h8-9,11-12,24,27H,3-7,10,13-23H2,1-2H3/b9-8-,12-11-. The van der Waals surface area contributed by atoms with Crippen LogP contribution in [0.4, 0.5) is 0 Å². The minimum Gasteiger partial charge on any atom is -0.465 e. The molecule has 5 nitrogen and oxygen atoms in total. The number of ether oxygens (including phenoxy) is 2. The highest BCUT2D eigenvalue weighted by molar-refractivity contribution is 5.69. The van der Waals surface area contributed by atoms with E-state index in [0.717, 1.165) is 38.5 Å². The highest BCUT2D eigenvalue weighted by Gasteiger charge is 2.13. The zero-order chi connectivity index (χ0) is 23.0. The summed E-state index contributed by atoms with van der Waals surface area (Å²) in [6.45, 7) is 4.14. The first-order valence-corrected chi connectivity index (χ1v) is 12.4. The third kappa shape index (κ3) is 21.4. The first kappa shape index (κ1) is 29.4. The SMILES string of the molecule is CCCCC/C=C\C/C=C\CCCCCCCC(=O)OCC(CO)COC(=O)CCC. The van der Waals surface area contributed by atoms with Gasteiger partial charge in [-0.05, 0) is 44.9 Å². The molecule has 0 saturated heterocycles. The predicted molar refractivity (Wildman–Crippen MR) is 127 cm³/mol. The van der Waals surface area contributed by atoms with Crippen molar-refractivity contribution in [1.82, 2.24) is 0 Å². The van der Waals surface area contributed by atoms with Crippen LogP contribution in [0, 0.1) is 5.92 Å². The van der Waals surface area contributed by atoms with Crippen molar-refractivity contribution in [3.05, 3.63) is 24.3 Å². The summed E-state index contributed by atoms with van der Waals surface area (Å²) in [6.07, 6.45) is 23.2. The molecule has 0 aliphatic rings. The Bertz CT molecular complexity index is 484. The number of unbranched alkanes of at least 4 members (excludes halogenated alkanes) is 8. The summed E-state index contributed by atoms with van der Waals surface area (Å²) in [5.41, 5.74) is 0. The van der Waals surface area contributed by atoms with E-state index in [1.807, 2.05) is 6.92 Å². The van der Waals surface area contributed by atoms with E-state index >= 15 is 0 Å². The van der Waals surface area contributed by atoms with Crippen molar-refractivity contribution in [1.29, 1.82) is 0 Å². The lowest BCUT2D eigenvalue weighted by molar-refractivity contribution is -0.149. The van der Waals surface area contributed by atoms with Gasteiger partial charge >= 0.3 is 11.9 Å². The molecule has 0 aliphatic heterocycles. The average molecular weight is 439 g/mol. The van der Waals surface area contributed by atoms with Crippen LogP contribution in [0.1, 0.15) is 104 Å². The number of aliphatic hydroxyl groups is 1. The number of carbonyl (C=O) groups is 2. The molecule has 0 aromatic carbocycles. The smallest absolute Gasteiger partial charge is 0.305 e. The lowest BCUT2D eigenvalue weighted by Crippen LogP contribution is -2.23.